The lowest BCUT2D eigenvalue weighted by Crippen LogP contribution is -2.18. The van der Waals surface area contributed by atoms with Crippen LogP contribution in [0, 0.1) is 13.8 Å². The van der Waals surface area contributed by atoms with Crippen LogP contribution in [0.4, 0.5) is 5.82 Å². The van der Waals surface area contributed by atoms with E-state index in [0.29, 0.717) is 27.8 Å². The van der Waals surface area contributed by atoms with Crippen LogP contribution < -0.4 is 5.32 Å². The minimum absolute atomic E-state index is 0.173. The zero-order valence-electron chi connectivity index (χ0n) is 20.9. The molecule has 0 bridgehead atoms. The number of para-hydroxylation sites is 2. The SMILES string of the molecule is CCOC(=O)c1cnn(-c2ccccc2)c1NC(=O)c1cc(-c2ccc(C)c(C)c2)nc2ccccc12. The zero-order chi connectivity index (χ0) is 25.9. The molecule has 1 N–H and O–H groups in total. The van der Waals surface area contributed by atoms with Gasteiger partial charge in [-0.1, -0.05) is 48.5 Å². The van der Waals surface area contributed by atoms with Gasteiger partial charge >= 0.3 is 5.97 Å². The number of anilines is 1. The first kappa shape index (κ1) is 23.9. The van der Waals surface area contributed by atoms with Gasteiger partial charge in [0.05, 0.1) is 35.3 Å². The van der Waals surface area contributed by atoms with Gasteiger partial charge in [-0.2, -0.15) is 5.10 Å². The Hall–Kier alpha value is -4.78. The van der Waals surface area contributed by atoms with Crippen LogP contribution in [0.2, 0.25) is 0 Å². The maximum absolute atomic E-state index is 13.8. The van der Waals surface area contributed by atoms with Crippen molar-refractivity contribution < 1.29 is 14.3 Å². The van der Waals surface area contributed by atoms with Crippen molar-refractivity contribution >= 4 is 28.6 Å². The molecule has 5 rings (SSSR count). The summed E-state index contributed by atoms with van der Waals surface area (Å²) in [7, 11) is 0. The van der Waals surface area contributed by atoms with Crippen molar-refractivity contribution in [2.24, 2.45) is 0 Å². The number of aromatic nitrogens is 3. The van der Waals surface area contributed by atoms with Crippen LogP contribution in [-0.4, -0.2) is 33.2 Å². The minimum Gasteiger partial charge on any atom is -0.462 e. The van der Waals surface area contributed by atoms with E-state index in [4.69, 9.17) is 9.72 Å². The second-order valence-corrected chi connectivity index (χ2v) is 8.70. The largest absolute Gasteiger partial charge is 0.462 e. The minimum atomic E-state index is -0.560. The molecule has 3 aromatic carbocycles. The number of benzene rings is 3. The predicted octanol–water partition coefficient (Wildman–Crippen LogP) is 6.13. The lowest BCUT2D eigenvalue weighted by Gasteiger charge is -2.14. The maximum Gasteiger partial charge on any atom is 0.343 e. The molecule has 37 heavy (non-hydrogen) atoms. The second-order valence-electron chi connectivity index (χ2n) is 8.70. The summed E-state index contributed by atoms with van der Waals surface area (Å²) in [6, 6.07) is 24.7. The Balaban J connectivity index is 1.62. The third kappa shape index (κ3) is 4.71. The van der Waals surface area contributed by atoms with Crippen LogP contribution in [0.15, 0.2) is 85.1 Å². The highest BCUT2D eigenvalue weighted by Gasteiger charge is 2.23. The molecule has 0 radical (unpaired) electrons. The third-order valence-electron chi connectivity index (χ3n) is 6.26. The van der Waals surface area contributed by atoms with E-state index in [9.17, 15) is 9.59 Å². The molecule has 2 heterocycles. The molecule has 0 unspecified atom stereocenters. The number of fused-ring (bicyclic) bond motifs is 1. The Kier molecular flexibility index (Phi) is 6.51. The highest BCUT2D eigenvalue weighted by atomic mass is 16.5. The normalized spacial score (nSPS) is 10.9. The summed E-state index contributed by atoms with van der Waals surface area (Å²) in [6.45, 7) is 6.05. The molecule has 2 aromatic heterocycles. The van der Waals surface area contributed by atoms with E-state index in [-0.39, 0.29) is 23.9 Å². The summed E-state index contributed by atoms with van der Waals surface area (Å²) in [5.41, 5.74) is 5.95. The zero-order valence-corrected chi connectivity index (χ0v) is 20.9. The summed E-state index contributed by atoms with van der Waals surface area (Å²) in [6.07, 6.45) is 1.41. The number of rotatable bonds is 6. The lowest BCUT2D eigenvalue weighted by molar-refractivity contribution is 0.0527. The first-order valence-corrected chi connectivity index (χ1v) is 12.1. The Morgan fingerprint density at radius 3 is 2.41 bits per heavy atom. The summed E-state index contributed by atoms with van der Waals surface area (Å²) in [5.74, 6) is -0.703. The average molecular weight is 491 g/mol. The number of amides is 1. The molecule has 0 spiro atoms. The van der Waals surface area contributed by atoms with Gasteiger partial charge < -0.3 is 10.1 Å². The number of pyridine rings is 1. The third-order valence-corrected chi connectivity index (χ3v) is 6.26. The van der Waals surface area contributed by atoms with E-state index in [0.717, 1.165) is 11.1 Å². The standard InChI is InChI=1S/C30H26N4O3/c1-4-37-30(36)25-18-31-34(22-10-6-5-7-11-22)28(25)33-29(35)24-17-27(21-15-14-19(2)20(3)16-21)32-26-13-9-8-12-23(24)26/h5-18H,4H2,1-3H3,(H,33,35). The molecule has 184 valence electrons. The van der Waals surface area contributed by atoms with Crippen molar-refractivity contribution in [1.82, 2.24) is 14.8 Å². The number of ether oxygens (including phenoxy) is 1. The fourth-order valence-electron chi connectivity index (χ4n) is 4.18. The van der Waals surface area contributed by atoms with Gasteiger partial charge in [0.2, 0.25) is 0 Å². The van der Waals surface area contributed by atoms with E-state index in [1.807, 2.05) is 66.7 Å². The average Bonchev–Trinajstić information content (AvgIpc) is 3.33. The van der Waals surface area contributed by atoms with Gasteiger partial charge in [-0.25, -0.2) is 14.5 Å². The number of hydrogen-bond acceptors (Lipinski definition) is 5. The first-order valence-electron chi connectivity index (χ1n) is 12.1. The molecule has 7 nitrogen and oxygen atoms in total. The topological polar surface area (TPSA) is 86.1 Å². The number of carbonyl (C=O) groups is 2. The fourth-order valence-corrected chi connectivity index (χ4v) is 4.18. The molecule has 0 fully saturated rings. The Bertz CT molecular complexity index is 1620. The molecule has 7 heteroatoms. The molecule has 0 saturated heterocycles. The highest BCUT2D eigenvalue weighted by molar-refractivity contribution is 6.14. The lowest BCUT2D eigenvalue weighted by atomic mass is 10.0. The number of nitrogens with one attached hydrogen (secondary N) is 1. The Morgan fingerprint density at radius 2 is 1.65 bits per heavy atom. The van der Waals surface area contributed by atoms with E-state index in [1.165, 1.54) is 16.4 Å². The molecule has 0 aliphatic carbocycles. The molecule has 0 saturated carbocycles. The maximum atomic E-state index is 13.8. The van der Waals surface area contributed by atoms with E-state index in [1.54, 1.807) is 13.0 Å². The first-order chi connectivity index (χ1) is 18.0. The number of hydrogen-bond donors (Lipinski definition) is 1. The van der Waals surface area contributed by atoms with Crippen molar-refractivity contribution in [3.05, 3.63) is 107 Å². The molecule has 1 amide bonds. The monoisotopic (exact) mass is 490 g/mol. The van der Waals surface area contributed by atoms with Gasteiger partial charge in [0.1, 0.15) is 5.56 Å². The van der Waals surface area contributed by atoms with Crippen LogP contribution in [0.1, 0.15) is 38.8 Å². The van der Waals surface area contributed by atoms with E-state index >= 15 is 0 Å². The van der Waals surface area contributed by atoms with Crippen molar-refractivity contribution in [2.75, 3.05) is 11.9 Å². The van der Waals surface area contributed by atoms with Crippen molar-refractivity contribution in [3.63, 3.8) is 0 Å². The van der Waals surface area contributed by atoms with E-state index < -0.39 is 5.97 Å². The highest BCUT2D eigenvalue weighted by Crippen LogP contribution is 2.28. The summed E-state index contributed by atoms with van der Waals surface area (Å²) in [4.78, 5) is 31.3. The van der Waals surface area contributed by atoms with Gasteiger partial charge in [0.15, 0.2) is 5.82 Å². The molecule has 0 aliphatic heterocycles. The number of aryl methyl sites for hydroxylation is 2. The van der Waals surface area contributed by atoms with Crippen LogP contribution >= 0.6 is 0 Å². The van der Waals surface area contributed by atoms with Gasteiger partial charge in [-0.3, -0.25) is 4.79 Å². The van der Waals surface area contributed by atoms with Gasteiger partial charge in [0.25, 0.3) is 5.91 Å². The fraction of sp³-hybridized carbons (Fsp3) is 0.133. The Morgan fingerprint density at radius 1 is 0.892 bits per heavy atom. The van der Waals surface area contributed by atoms with Crippen LogP contribution in [-0.2, 0) is 4.74 Å². The van der Waals surface area contributed by atoms with Crippen LogP contribution in [0.3, 0.4) is 0 Å². The van der Waals surface area contributed by atoms with Gasteiger partial charge in [-0.15, -0.1) is 0 Å². The molecule has 5 aromatic rings. The number of esters is 1. The molecule has 0 aliphatic rings. The number of carbonyl (C=O) groups excluding carboxylic acids is 2. The smallest absolute Gasteiger partial charge is 0.343 e. The van der Waals surface area contributed by atoms with Crippen LogP contribution in [0.5, 0.6) is 0 Å². The summed E-state index contributed by atoms with van der Waals surface area (Å²) < 4.78 is 6.75. The summed E-state index contributed by atoms with van der Waals surface area (Å²) in [5, 5.41) is 8.01. The predicted molar refractivity (Wildman–Crippen MR) is 144 cm³/mol. The molecular weight excluding hydrogens is 464 g/mol. The summed E-state index contributed by atoms with van der Waals surface area (Å²) >= 11 is 0. The van der Waals surface area contributed by atoms with Crippen LogP contribution in [0.25, 0.3) is 27.8 Å². The Labute approximate surface area is 214 Å². The van der Waals surface area contributed by atoms with Gasteiger partial charge in [0, 0.05) is 10.9 Å². The van der Waals surface area contributed by atoms with Crippen molar-refractivity contribution in [2.45, 2.75) is 20.8 Å². The van der Waals surface area contributed by atoms with Crippen molar-refractivity contribution in [3.8, 4) is 16.9 Å². The van der Waals surface area contributed by atoms with Crippen molar-refractivity contribution in [1.29, 1.82) is 0 Å². The quantitative estimate of drug-likeness (QED) is 0.289. The molecule has 0 atom stereocenters. The molecular formula is C30H26N4O3. The number of nitrogens with zero attached hydrogens (tertiary/aromatic N) is 3. The van der Waals surface area contributed by atoms with Gasteiger partial charge in [-0.05, 0) is 62.2 Å². The van der Waals surface area contributed by atoms with E-state index in [2.05, 4.69) is 30.3 Å². The second kappa shape index (κ2) is 10.1.